The van der Waals surface area contributed by atoms with Gasteiger partial charge in [0.2, 0.25) is 11.9 Å². The second-order valence-corrected chi connectivity index (χ2v) is 5.85. The molecule has 27 heavy (non-hydrogen) atoms. The van der Waals surface area contributed by atoms with Crippen LogP contribution in [0.25, 0.3) is 21.8 Å². The standard InChI is InChI=1S/C18H14FN5O3/c1-8-10-6-14(27-2)13(25)7-12(10)21-17(20-8)24-18-22-15-9(16(26)23-18)4-3-5-11(15)19/h3-7,25H,1-2H3,(H2,20,21,22,23,24,26). The van der Waals surface area contributed by atoms with Gasteiger partial charge >= 0.3 is 0 Å². The van der Waals surface area contributed by atoms with Crippen molar-refractivity contribution in [2.24, 2.45) is 0 Å². The summed E-state index contributed by atoms with van der Waals surface area (Å²) in [7, 11) is 1.45. The zero-order chi connectivity index (χ0) is 19.1. The first-order valence-corrected chi connectivity index (χ1v) is 7.97. The minimum atomic E-state index is -0.603. The van der Waals surface area contributed by atoms with Gasteiger partial charge in [0.1, 0.15) is 11.3 Å². The number of anilines is 2. The number of phenols is 1. The Bertz CT molecular complexity index is 1260. The SMILES string of the molecule is COc1cc2c(C)nc(Nc3nc4c(F)cccc4c(=O)[nH]3)nc2cc1O. The third-order valence-corrected chi connectivity index (χ3v) is 4.10. The van der Waals surface area contributed by atoms with Crippen LogP contribution < -0.4 is 15.6 Å². The van der Waals surface area contributed by atoms with Gasteiger partial charge in [0.05, 0.1) is 23.7 Å². The Labute approximate surface area is 151 Å². The van der Waals surface area contributed by atoms with Crippen LogP contribution in [-0.2, 0) is 0 Å². The lowest BCUT2D eigenvalue weighted by Crippen LogP contribution is -2.13. The Morgan fingerprint density at radius 1 is 1.19 bits per heavy atom. The summed E-state index contributed by atoms with van der Waals surface area (Å²) in [6.45, 7) is 1.77. The van der Waals surface area contributed by atoms with Gasteiger partial charge in [0.25, 0.3) is 5.56 Å². The number of fused-ring (bicyclic) bond motifs is 2. The van der Waals surface area contributed by atoms with E-state index in [1.807, 2.05) is 0 Å². The lowest BCUT2D eigenvalue weighted by atomic mass is 10.2. The number of methoxy groups -OCH3 is 1. The average molecular weight is 367 g/mol. The number of halogens is 1. The van der Waals surface area contributed by atoms with Crippen molar-refractivity contribution in [3.05, 3.63) is 52.2 Å². The Morgan fingerprint density at radius 2 is 2.00 bits per heavy atom. The van der Waals surface area contributed by atoms with Gasteiger partial charge in [0, 0.05) is 11.5 Å². The Balaban J connectivity index is 1.81. The molecule has 0 spiro atoms. The third kappa shape index (κ3) is 2.88. The molecule has 0 saturated heterocycles. The maximum absolute atomic E-state index is 14.0. The van der Waals surface area contributed by atoms with Crippen molar-refractivity contribution in [3.8, 4) is 11.5 Å². The van der Waals surface area contributed by atoms with Gasteiger partial charge in [-0.2, -0.15) is 0 Å². The van der Waals surface area contributed by atoms with Crippen LogP contribution in [0.5, 0.6) is 11.5 Å². The van der Waals surface area contributed by atoms with Gasteiger partial charge in [-0.15, -0.1) is 0 Å². The van der Waals surface area contributed by atoms with Crippen LogP contribution in [0.1, 0.15) is 5.69 Å². The van der Waals surface area contributed by atoms with Crippen LogP contribution in [0.15, 0.2) is 35.1 Å². The quantitative estimate of drug-likeness (QED) is 0.510. The number of H-pyrrole nitrogens is 1. The van der Waals surface area contributed by atoms with Crippen molar-refractivity contribution >= 4 is 33.7 Å². The van der Waals surface area contributed by atoms with E-state index in [1.54, 1.807) is 13.0 Å². The normalized spacial score (nSPS) is 11.1. The average Bonchev–Trinajstić information content (AvgIpc) is 2.62. The molecule has 0 fully saturated rings. The zero-order valence-corrected chi connectivity index (χ0v) is 14.4. The number of rotatable bonds is 3. The van der Waals surface area contributed by atoms with Crippen LogP contribution in [0.2, 0.25) is 0 Å². The second kappa shape index (κ2) is 6.20. The fraction of sp³-hybridized carbons (Fsp3) is 0.111. The molecule has 0 saturated carbocycles. The van der Waals surface area contributed by atoms with Gasteiger partial charge in [-0.05, 0) is 25.1 Å². The molecule has 8 nitrogen and oxygen atoms in total. The number of nitrogens with zero attached hydrogens (tertiary/aromatic N) is 3. The van der Waals surface area contributed by atoms with E-state index in [4.69, 9.17) is 4.74 Å². The van der Waals surface area contributed by atoms with Crippen LogP contribution in [0.4, 0.5) is 16.3 Å². The molecule has 136 valence electrons. The Hall–Kier alpha value is -3.75. The fourth-order valence-corrected chi connectivity index (χ4v) is 2.81. The van der Waals surface area contributed by atoms with Gasteiger partial charge in [-0.1, -0.05) is 6.07 Å². The molecule has 2 aromatic heterocycles. The molecule has 0 radical (unpaired) electrons. The van der Waals surface area contributed by atoms with Crippen molar-refractivity contribution in [1.82, 2.24) is 19.9 Å². The summed E-state index contributed by atoms with van der Waals surface area (Å²) in [6.07, 6.45) is 0. The number of hydrogen-bond acceptors (Lipinski definition) is 7. The summed E-state index contributed by atoms with van der Waals surface area (Å²) in [5.41, 5.74) is 0.554. The van der Waals surface area contributed by atoms with E-state index >= 15 is 0 Å². The smallest absolute Gasteiger partial charge is 0.260 e. The van der Waals surface area contributed by atoms with Gasteiger partial charge in [0.15, 0.2) is 11.5 Å². The van der Waals surface area contributed by atoms with E-state index in [0.29, 0.717) is 22.3 Å². The predicted molar refractivity (Wildman–Crippen MR) is 98.1 cm³/mol. The summed E-state index contributed by atoms with van der Waals surface area (Å²) < 4.78 is 19.1. The highest BCUT2D eigenvalue weighted by Crippen LogP contribution is 2.32. The van der Waals surface area contributed by atoms with E-state index in [-0.39, 0.29) is 28.5 Å². The van der Waals surface area contributed by atoms with Gasteiger partial charge in [-0.25, -0.2) is 19.3 Å². The number of ether oxygens (including phenoxy) is 1. The summed E-state index contributed by atoms with van der Waals surface area (Å²) in [5, 5.41) is 13.6. The van der Waals surface area contributed by atoms with E-state index in [2.05, 4.69) is 25.3 Å². The van der Waals surface area contributed by atoms with Crippen molar-refractivity contribution < 1.29 is 14.2 Å². The number of aromatic hydroxyl groups is 1. The molecule has 2 aromatic carbocycles. The summed E-state index contributed by atoms with van der Waals surface area (Å²) in [5.74, 6) is -0.203. The molecule has 4 aromatic rings. The lowest BCUT2D eigenvalue weighted by Gasteiger charge is -2.10. The molecular weight excluding hydrogens is 353 g/mol. The number of aryl methyl sites for hydroxylation is 1. The zero-order valence-electron chi connectivity index (χ0n) is 14.4. The van der Waals surface area contributed by atoms with Gasteiger partial charge in [-0.3, -0.25) is 15.1 Å². The maximum Gasteiger partial charge on any atom is 0.260 e. The molecule has 3 N–H and O–H groups in total. The van der Waals surface area contributed by atoms with E-state index < -0.39 is 11.4 Å². The molecule has 0 aliphatic heterocycles. The molecule has 0 amide bonds. The predicted octanol–water partition coefficient (Wildman–Crippen LogP) is 2.77. The summed E-state index contributed by atoms with van der Waals surface area (Å²) in [4.78, 5) is 27.4. The van der Waals surface area contributed by atoms with Crippen molar-refractivity contribution in [2.75, 3.05) is 12.4 Å². The number of benzene rings is 2. The molecule has 9 heteroatoms. The van der Waals surface area contributed by atoms with Crippen LogP contribution in [0, 0.1) is 12.7 Å². The molecule has 0 bridgehead atoms. The second-order valence-electron chi connectivity index (χ2n) is 5.85. The topological polar surface area (TPSA) is 113 Å². The molecule has 0 unspecified atom stereocenters. The monoisotopic (exact) mass is 367 g/mol. The third-order valence-electron chi connectivity index (χ3n) is 4.10. The molecular formula is C18H14FN5O3. The molecule has 0 atom stereocenters. The number of aromatic amines is 1. The largest absolute Gasteiger partial charge is 0.504 e. The molecule has 0 aliphatic carbocycles. The van der Waals surface area contributed by atoms with Crippen LogP contribution in [-0.4, -0.2) is 32.2 Å². The number of hydrogen-bond donors (Lipinski definition) is 3. The molecule has 0 aliphatic rings. The minimum Gasteiger partial charge on any atom is -0.504 e. The first-order valence-electron chi connectivity index (χ1n) is 7.97. The Morgan fingerprint density at radius 3 is 2.78 bits per heavy atom. The molecule has 2 heterocycles. The first-order chi connectivity index (χ1) is 13.0. The maximum atomic E-state index is 14.0. The number of aromatic nitrogens is 4. The van der Waals surface area contributed by atoms with Crippen molar-refractivity contribution in [2.45, 2.75) is 6.92 Å². The number of phenolic OH excluding ortho intramolecular Hbond substituents is 1. The van der Waals surface area contributed by atoms with E-state index in [1.165, 1.54) is 31.4 Å². The number of nitrogens with one attached hydrogen (secondary N) is 2. The van der Waals surface area contributed by atoms with Gasteiger partial charge < -0.3 is 9.84 Å². The summed E-state index contributed by atoms with van der Waals surface area (Å²) >= 11 is 0. The highest BCUT2D eigenvalue weighted by Gasteiger charge is 2.12. The lowest BCUT2D eigenvalue weighted by molar-refractivity contribution is 0.374. The minimum absolute atomic E-state index is 0.00841. The Kier molecular flexibility index (Phi) is 3.84. The van der Waals surface area contributed by atoms with Crippen molar-refractivity contribution in [1.29, 1.82) is 0 Å². The number of para-hydroxylation sites is 1. The highest BCUT2D eigenvalue weighted by molar-refractivity contribution is 5.85. The molecule has 4 rings (SSSR count). The van der Waals surface area contributed by atoms with Crippen molar-refractivity contribution in [3.63, 3.8) is 0 Å². The first kappa shape index (κ1) is 16.7. The van der Waals surface area contributed by atoms with Crippen LogP contribution >= 0.6 is 0 Å². The highest BCUT2D eigenvalue weighted by atomic mass is 19.1. The van der Waals surface area contributed by atoms with E-state index in [9.17, 15) is 14.3 Å². The van der Waals surface area contributed by atoms with E-state index in [0.717, 1.165) is 0 Å². The summed E-state index contributed by atoms with van der Waals surface area (Å²) in [6, 6.07) is 7.24. The van der Waals surface area contributed by atoms with Crippen LogP contribution in [0.3, 0.4) is 0 Å². The fourth-order valence-electron chi connectivity index (χ4n) is 2.81.